The van der Waals surface area contributed by atoms with Crippen LogP contribution in [0, 0.1) is 17.8 Å². The zero-order valence-electron chi connectivity index (χ0n) is 19.5. The Morgan fingerprint density at radius 1 is 0.812 bits per heavy atom. The van der Waals surface area contributed by atoms with Crippen molar-refractivity contribution in [3.63, 3.8) is 0 Å². The van der Waals surface area contributed by atoms with Gasteiger partial charge in [0.05, 0.1) is 16.2 Å². The van der Waals surface area contributed by atoms with E-state index in [-0.39, 0.29) is 24.2 Å². The first kappa shape index (κ1) is 28.0. The Hall–Kier alpha value is -0.230. The van der Waals surface area contributed by atoms with Crippen LogP contribution < -0.4 is 0 Å². The molecule has 0 aliphatic heterocycles. The number of carboxylic acids is 1. The summed E-state index contributed by atoms with van der Waals surface area (Å²) < 4.78 is 23.6. The highest BCUT2D eigenvalue weighted by atomic mass is 31.2. The molecule has 4 saturated carbocycles. The molecule has 0 aromatic rings. The fourth-order valence-electron chi connectivity index (χ4n) is 6.52. The van der Waals surface area contributed by atoms with Crippen molar-refractivity contribution in [1.82, 2.24) is 0 Å². The third-order valence-electron chi connectivity index (χ3n) is 7.90. The number of hydrogen-bond acceptors (Lipinski definition) is 3. The second-order valence-corrected chi connectivity index (χ2v) is 14.6. The van der Waals surface area contributed by atoms with Gasteiger partial charge in [0.1, 0.15) is 0 Å². The second-order valence-electron chi connectivity index (χ2n) is 10.5. The van der Waals surface area contributed by atoms with Crippen LogP contribution in [0.4, 0.5) is 0 Å². The average molecular weight is 497 g/mol. The Labute approximate surface area is 191 Å². The molecule has 0 aromatic heterocycles. The van der Waals surface area contributed by atoms with Gasteiger partial charge in [-0.15, -0.1) is 0 Å². The molecule has 0 saturated heterocycles. The van der Waals surface area contributed by atoms with Gasteiger partial charge < -0.3 is 24.7 Å². The molecule has 0 atom stereocenters. The molecule has 0 radical (unpaired) electrons. The van der Waals surface area contributed by atoms with Crippen LogP contribution >= 0.6 is 15.2 Å². The van der Waals surface area contributed by atoms with Gasteiger partial charge >= 0.3 is 21.2 Å². The second kappa shape index (κ2) is 11.0. The summed E-state index contributed by atoms with van der Waals surface area (Å²) in [6.07, 6.45) is 11.1. The summed E-state index contributed by atoms with van der Waals surface area (Å²) in [6.45, 7) is 4.29. The molecule has 4 aliphatic rings. The standard InChI is InChI=1S/C12H24O2.C10H18O6P2/c1-3-5-7-9-11(12(13)14)10-8-6-4-2;11-17(12,13)9-2-7-1-8(4-9)5-10(3-7,6-9)18(14,15)16/h11H,3-10H2,1-2H3,(H,13,14);7-8H,1-6H2,(H2,11,12,13)(H2,14,15,16). The van der Waals surface area contributed by atoms with Gasteiger partial charge in [0.2, 0.25) is 0 Å². The van der Waals surface area contributed by atoms with Crippen LogP contribution in [0.2, 0.25) is 0 Å². The Morgan fingerprint density at radius 2 is 1.19 bits per heavy atom. The van der Waals surface area contributed by atoms with E-state index in [0.29, 0.717) is 25.7 Å². The first-order chi connectivity index (χ1) is 14.8. The molecule has 10 heteroatoms. The minimum Gasteiger partial charge on any atom is -0.481 e. The quantitative estimate of drug-likeness (QED) is 0.191. The van der Waals surface area contributed by atoms with Crippen molar-refractivity contribution in [3.05, 3.63) is 0 Å². The van der Waals surface area contributed by atoms with Crippen molar-refractivity contribution in [3.8, 4) is 0 Å². The number of carbonyl (C=O) groups is 1. The molecule has 4 aliphatic carbocycles. The minimum atomic E-state index is -4.32. The van der Waals surface area contributed by atoms with Gasteiger partial charge in [0, 0.05) is 0 Å². The van der Waals surface area contributed by atoms with E-state index in [0.717, 1.165) is 44.9 Å². The van der Waals surface area contributed by atoms with E-state index in [9.17, 15) is 33.5 Å². The summed E-state index contributed by atoms with van der Waals surface area (Å²) in [4.78, 5) is 49.4. The third kappa shape index (κ3) is 6.46. The van der Waals surface area contributed by atoms with Crippen LogP contribution in [0.25, 0.3) is 0 Å². The van der Waals surface area contributed by atoms with Gasteiger partial charge in [0.15, 0.2) is 0 Å². The van der Waals surface area contributed by atoms with Gasteiger partial charge in [-0.2, -0.15) is 0 Å². The fraction of sp³-hybridized carbons (Fsp3) is 0.955. The molecule has 0 aromatic carbocycles. The molecular weight excluding hydrogens is 454 g/mol. The van der Waals surface area contributed by atoms with Gasteiger partial charge in [-0.05, 0) is 63.2 Å². The van der Waals surface area contributed by atoms with Crippen molar-refractivity contribution in [2.24, 2.45) is 17.8 Å². The maximum absolute atomic E-state index is 11.8. The monoisotopic (exact) mass is 496 g/mol. The highest BCUT2D eigenvalue weighted by Crippen LogP contribution is 2.76. The predicted octanol–water partition coefficient (Wildman–Crippen LogP) is 5.28. The van der Waals surface area contributed by atoms with E-state index in [1.807, 2.05) is 0 Å². The Morgan fingerprint density at radius 3 is 1.47 bits per heavy atom. The molecule has 0 amide bonds. The maximum atomic E-state index is 11.8. The topological polar surface area (TPSA) is 152 Å². The molecule has 0 heterocycles. The number of aliphatic carboxylic acids is 1. The van der Waals surface area contributed by atoms with Crippen molar-refractivity contribution in [2.45, 2.75) is 114 Å². The van der Waals surface area contributed by atoms with Crippen molar-refractivity contribution < 1.29 is 38.6 Å². The maximum Gasteiger partial charge on any atom is 0.331 e. The summed E-state index contributed by atoms with van der Waals surface area (Å²) in [5.41, 5.74) is 0. The number of rotatable bonds is 11. The summed E-state index contributed by atoms with van der Waals surface area (Å²) in [7, 11) is -8.64. The number of hydrogen-bond donors (Lipinski definition) is 5. The highest BCUT2D eigenvalue weighted by Gasteiger charge is 2.68. The van der Waals surface area contributed by atoms with Crippen LogP contribution in [0.5, 0.6) is 0 Å². The lowest BCUT2D eigenvalue weighted by atomic mass is 9.55. The lowest BCUT2D eigenvalue weighted by Gasteiger charge is -2.61. The van der Waals surface area contributed by atoms with Crippen molar-refractivity contribution in [1.29, 1.82) is 0 Å². The first-order valence-corrected chi connectivity index (χ1v) is 15.4. The Kier molecular flexibility index (Phi) is 9.64. The Balaban J connectivity index is 0.000000237. The van der Waals surface area contributed by atoms with Gasteiger partial charge in [-0.1, -0.05) is 52.4 Å². The Bertz CT molecular complexity index is 663. The van der Waals surface area contributed by atoms with E-state index >= 15 is 0 Å². The zero-order chi connectivity index (χ0) is 24.2. The molecule has 4 bridgehead atoms. The zero-order valence-corrected chi connectivity index (χ0v) is 21.3. The number of carboxylic acid groups (broad SMARTS) is 1. The smallest absolute Gasteiger partial charge is 0.331 e. The molecule has 5 N–H and O–H groups in total. The van der Waals surface area contributed by atoms with E-state index < -0.39 is 31.5 Å². The fourth-order valence-corrected chi connectivity index (χ4v) is 9.65. The molecule has 32 heavy (non-hydrogen) atoms. The lowest BCUT2D eigenvalue weighted by molar-refractivity contribution is -0.142. The van der Waals surface area contributed by atoms with Gasteiger partial charge in [0.25, 0.3) is 0 Å². The minimum absolute atomic E-state index is 0.0123. The summed E-state index contributed by atoms with van der Waals surface area (Å²) >= 11 is 0. The van der Waals surface area contributed by atoms with Crippen LogP contribution in [0.1, 0.15) is 104 Å². The molecule has 0 spiro atoms. The normalized spacial score (nSPS) is 31.5. The SMILES string of the molecule is CCCCCC(CCCCC)C(=O)O.O=P(O)(O)C12CC3CC(C1)CC(P(=O)(O)O)(C3)C2. The van der Waals surface area contributed by atoms with E-state index in [1.165, 1.54) is 12.8 Å². The molecule has 4 rings (SSSR count). The van der Waals surface area contributed by atoms with Crippen molar-refractivity contribution in [2.75, 3.05) is 0 Å². The third-order valence-corrected chi connectivity index (χ3v) is 11.4. The molecule has 4 fully saturated rings. The predicted molar refractivity (Wildman–Crippen MR) is 124 cm³/mol. The lowest BCUT2D eigenvalue weighted by Crippen LogP contribution is -2.58. The van der Waals surface area contributed by atoms with Gasteiger partial charge in [-0.3, -0.25) is 13.9 Å². The summed E-state index contributed by atoms with van der Waals surface area (Å²) in [5, 5.41) is 6.64. The van der Waals surface area contributed by atoms with E-state index in [1.54, 1.807) is 0 Å². The number of unbranched alkanes of at least 4 members (excludes halogenated alkanes) is 4. The van der Waals surface area contributed by atoms with Crippen LogP contribution in [0.3, 0.4) is 0 Å². The van der Waals surface area contributed by atoms with E-state index in [4.69, 9.17) is 5.11 Å². The summed E-state index contributed by atoms with van der Waals surface area (Å²) in [6, 6.07) is 0. The van der Waals surface area contributed by atoms with Gasteiger partial charge in [-0.25, -0.2) is 0 Å². The van der Waals surface area contributed by atoms with Crippen molar-refractivity contribution >= 4 is 21.2 Å². The first-order valence-electron chi connectivity index (χ1n) is 12.1. The molecule has 0 unspecified atom stereocenters. The van der Waals surface area contributed by atoms with Crippen LogP contribution in [-0.2, 0) is 13.9 Å². The summed E-state index contributed by atoms with van der Waals surface area (Å²) in [5.74, 6) is -0.566. The molecule has 8 nitrogen and oxygen atoms in total. The molecular formula is C22H42O8P2. The molecule has 188 valence electrons. The van der Waals surface area contributed by atoms with Crippen LogP contribution in [-0.4, -0.2) is 41.0 Å². The largest absolute Gasteiger partial charge is 0.481 e. The van der Waals surface area contributed by atoms with E-state index in [2.05, 4.69) is 13.8 Å². The highest BCUT2D eigenvalue weighted by molar-refractivity contribution is 7.55. The van der Waals surface area contributed by atoms with Crippen LogP contribution in [0.15, 0.2) is 0 Å². The average Bonchev–Trinajstić information content (AvgIpc) is 2.64.